The van der Waals surface area contributed by atoms with Crippen molar-refractivity contribution in [3.8, 4) is 5.75 Å². The zero-order valence-corrected chi connectivity index (χ0v) is 11.1. The molecule has 1 N–H and O–H groups in total. The number of hydrogen-bond acceptors (Lipinski definition) is 3. The maximum absolute atomic E-state index is 9.94. The first-order valence-corrected chi connectivity index (χ1v) is 7.48. The Morgan fingerprint density at radius 3 is 3.18 bits per heavy atom. The Hall–Kier alpha value is -0.670. The third-order valence-corrected chi connectivity index (χ3v) is 3.96. The maximum Gasteiger partial charge on any atom is 0.119 e. The topological polar surface area (TPSA) is 29.5 Å². The summed E-state index contributed by atoms with van der Waals surface area (Å²) in [7, 11) is 0. The van der Waals surface area contributed by atoms with Gasteiger partial charge < -0.3 is 9.84 Å². The summed E-state index contributed by atoms with van der Waals surface area (Å²) in [6.45, 7) is 2.90. The van der Waals surface area contributed by atoms with E-state index < -0.39 is 0 Å². The highest BCUT2D eigenvalue weighted by molar-refractivity contribution is 7.99. The predicted octanol–water partition coefficient (Wildman–Crippen LogP) is 3.19. The second-order valence-corrected chi connectivity index (χ2v) is 5.71. The lowest BCUT2D eigenvalue weighted by Crippen LogP contribution is -2.09. The highest BCUT2D eigenvalue weighted by Crippen LogP contribution is 2.32. The van der Waals surface area contributed by atoms with E-state index in [2.05, 4.69) is 13.0 Å². The zero-order chi connectivity index (χ0) is 12.1. The third-order valence-electron chi connectivity index (χ3n) is 3.10. The summed E-state index contributed by atoms with van der Waals surface area (Å²) in [5.74, 6) is 3.05. The van der Waals surface area contributed by atoms with E-state index in [0.29, 0.717) is 0 Å². The molecule has 3 heteroatoms. The van der Waals surface area contributed by atoms with Gasteiger partial charge in [-0.1, -0.05) is 13.0 Å². The van der Waals surface area contributed by atoms with E-state index in [1.807, 2.05) is 23.9 Å². The molecular formula is C14H20O2S. The van der Waals surface area contributed by atoms with Gasteiger partial charge in [-0.05, 0) is 48.3 Å². The lowest BCUT2D eigenvalue weighted by atomic mass is 9.89. The van der Waals surface area contributed by atoms with Crippen molar-refractivity contribution < 1.29 is 9.84 Å². The molecular weight excluding hydrogens is 232 g/mol. The molecule has 94 valence electrons. The van der Waals surface area contributed by atoms with Crippen molar-refractivity contribution in [2.24, 2.45) is 0 Å². The van der Waals surface area contributed by atoms with Gasteiger partial charge in [0, 0.05) is 5.75 Å². The summed E-state index contributed by atoms with van der Waals surface area (Å²) in [5, 5.41) is 9.94. The maximum atomic E-state index is 9.94. The van der Waals surface area contributed by atoms with Crippen LogP contribution in [0.25, 0.3) is 0 Å². The second kappa shape index (κ2) is 6.31. The van der Waals surface area contributed by atoms with Gasteiger partial charge in [-0.3, -0.25) is 0 Å². The van der Waals surface area contributed by atoms with Crippen molar-refractivity contribution in [3.63, 3.8) is 0 Å². The molecule has 0 saturated heterocycles. The molecule has 0 aliphatic heterocycles. The molecule has 0 radical (unpaired) electrons. The van der Waals surface area contributed by atoms with Crippen molar-refractivity contribution in [1.29, 1.82) is 0 Å². The van der Waals surface area contributed by atoms with E-state index in [4.69, 9.17) is 4.74 Å². The van der Waals surface area contributed by atoms with Crippen molar-refractivity contribution in [2.75, 3.05) is 18.1 Å². The molecule has 0 spiro atoms. The van der Waals surface area contributed by atoms with E-state index >= 15 is 0 Å². The highest BCUT2D eigenvalue weighted by Gasteiger charge is 2.18. The number of thioether (sulfide) groups is 1. The average Bonchev–Trinajstić information content (AvgIpc) is 2.36. The van der Waals surface area contributed by atoms with Crippen LogP contribution in [0.3, 0.4) is 0 Å². The number of rotatable bonds is 5. The Kier molecular flexibility index (Phi) is 4.75. The van der Waals surface area contributed by atoms with E-state index in [1.165, 1.54) is 5.56 Å². The number of hydrogen-bond donors (Lipinski definition) is 1. The fourth-order valence-corrected chi connectivity index (χ4v) is 2.69. The monoisotopic (exact) mass is 252 g/mol. The van der Waals surface area contributed by atoms with E-state index in [0.717, 1.165) is 48.7 Å². The number of benzene rings is 1. The normalized spacial score (nSPS) is 18.8. The van der Waals surface area contributed by atoms with Crippen molar-refractivity contribution in [2.45, 2.75) is 32.3 Å². The fourth-order valence-electron chi connectivity index (χ4n) is 2.20. The molecule has 1 aliphatic carbocycles. The molecule has 2 nitrogen and oxygen atoms in total. The van der Waals surface area contributed by atoms with E-state index in [9.17, 15) is 5.11 Å². The Balaban J connectivity index is 1.97. The molecule has 1 atom stereocenters. The summed E-state index contributed by atoms with van der Waals surface area (Å²) < 4.78 is 5.69. The molecule has 0 bridgehead atoms. The van der Waals surface area contributed by atoms with E-state index in [1.54, 1.807) is 0 Å². The Morgan fingerprint density at radius 1 is 1.47 bits per heavy atom. The predicted molar refractivity (Wildman–Crippen MR) is 72.8 cm³/mol. The standard InChI is InChI=1S/C14H20O2S/c1-2-17-9-8-16-12-7-6-11-4-3-5-14(15)13(11)10-12/h6-7,10,14-15H,2-5,8-9H2,1H3/t14-/m0/s1. The van der Waals surface area contributed by atoms with Crippen LogP contribution in [0.1, 0.15) is 37.0 Å². The molecule has 17 heavy (non-hydrogen) atoms. The third kappa shape index (κ3) is 3.39. The number of aryl methyl sites for hydroxylation is 1. The second-order valence-electron chi connectivity index (χ2n) is 4.31. The van der Waals surface area contributed by atoms with Crippen molar-refractivity contribution >= 4 is 11.8 Å². The Bertz CT molecular complexity index is 365. The lowest BCUT2D eigenvalue weighted by molar-refractivity contribution is 0.156. The van der Waals surface area contributed by atoms with Gasteiger partial charge in [-0.15, -0.1) is 0 Å². The van der Waals surface area contributed by atoms with Crippen molar-refractivity contribution in [1.82, 2.24) is 0 Å². The molecule has 0 fully saturated rings. The first-order chi connectivity index (χ1) is 8.31. The summed E-state index contributed by atoms with van der Waals surface area (Å²) in [5.41, 5.74) is 2.34. The van der Waals surface area contributed by atoms with Crippen LogP contribution in [0.2, 0.25) is 0 Å². The molecule has 0 amide bonds. The number of ether oxygens (including phenoxy) is 1. The minimum Gasteiger partial charge on any atom is -0.493 e. The molecule has 1 aromatic rings. The van der Waals surface area contributed by atoms with Crippen LogP contribution in [0.4, 0.5) is 0 Å². The van der Waals surface area contributed by atoms with Gasteiger partial charge in [-0.2, -0.15) is 11.8 Å². The molecule has 2 rings (SSSR count). The quantitative estimate of drug-likeness (QED) is 0.816. The number of fused-ring (bicyclic) bond motifs is 1. The van der Waals surface area contributed by atoms with Crippen LogP contribution in [0.5, 0.6) is 5.75 Å². The van der Waals surface area contributed by atoms with Gasteiger partial charge in [0.05, 0.1) is 12.7 Å². The molecule has 0 aromatic heterocycles. The summed E-state index contributed by atoms with van der Waals surface area (Å²) in [6.07, 6.45) is 2.74. The lowest BCUT2D eigenvalue weighted by Gasteiger charge is -2.21. The minimum atomic E-state index is -0.299. The van der Waals surface area contributed by atoms with E-state index in [-0.39, 0.29) is 6.10 Å². The average molecular weight is 252 g/mol. The van der Waals surface area contributed by atoms with Crippen LogP contribution >= 0.6 is 11.8 Å². The van der Waals surface area contributed by atoms with Crippen LogP contribution in [0, 0.1) is 0 Å². The first-order valence-electron chi connectivity index (χ1n) is 6.32. The molecule has 0 unspecified atom stereocenters. The summed E-state index contributed by atoms with van der Waals surface area (Å²) in [4.78, 5) is 0. The van der Waals surface area contributed by atoms with Gasteiger partial charge in [-0.25, -0.2) is 0 Å². The first kappa shape index (κ1) is 12.8. The van der Waals surface area contributed by atoms with Crippen LogP contribution in [-0.4, -0.2) is 23.2 Å². The van der Waals surface area contributed by atoms with Gasteiger partial charge >= 0.3 is 0 Å². The molecule has 1 aromatic carbocycles. The molecule has 0 saturated carbocycles. The Morgan fingerprint density at radius 2 is 2.35 bits per heavy atom. The van der Waals surface area contributed by atoms with Gasteiger partial charge in [0.2, 0.25) is 0 Å². The van der Waals surface area contributed by atoms with Gasteiger partial charge in [0.25, 0.3) is 0 Å². The summed E-state index contributed by atoms with van der Waals surface area (Å²) in [6, 6.07) is 6.13. The minimum absolute atomic E-state index is 0.299. The largest absolute Gasteiger partial charge is 0.493 e. The fraction of sp³-hybridized carbons (Fsp3) is 0.571. The van der Waals surface area contributed by atoms with Gasteiger partial charge in [0.1, 0.15) is 5.75 Å². The van der Waals surface area contributed by atoms with Gasteiger partial charge in [0.15, 0.2) is 0 Å². The van der Waals surface area contributed by atoms with Crippen LogP contribution < -0.4 is 4.74 Å². The smallest absolute Gasteiger partial charge is 0.119 e. The zero-order valence-electron chi connectivity index (χ0n) is 10.3. The SMILES string of the molecule is CCSCCOc1ccc2c(c1)[C@@H](O)CCC2. The molecule has 0 heterocycles. The van der Waals surface area contributed by atoms with Crippen molar-refractivity contribution in [3.05, 3.63) is 29.3 Å². The van der Waals surface area contributed by atoms with Crippen LogP contribution in [-0.2, 0) is 6.42 Å². The summed E-state index contributed by atoms with van der Waals surface area (Å²) >= 11 is 1.88. The van der Waals surface area contributed by atoms with Crippen LogP contribution in [0.15, 0.2) is 18.2 Å². The Labute approximate surface area is 107 Å². The number of aliphatic hydroxyl groups excluding tert-OH is 1. The molecule has 1 aliphatic rings. The highest BCUT2D eigenvalue weighted by atomic mass is 32.2. The number of aliphatic hydroxyl groups is 1.